The van der Waals surface area contributed by atoms with Gasteiger partial charge in [-0.2, -0.15) is 0 Å². The lowest BCUT2D eigenvalue weighted by Crippen LogP contribution is -2.54. The second-order valence-corrected chi connectivity index (χ2v) is 9.92. The van der Waals surface area contributed by atoms with E-state index in [1.807, 2.05) is 62.4 Å². The highest BCUT2D eigenvalue weighted by Crippen LogP contribution is 2.27. The molecular formula is C34H29N3O6. The van der Waals surface area contributed by atoms with Crippen molar-refractivity contribution < 1.29 is 28.7 Å². The van der Waals surface area contributed by atoms with Crippen molar-refractivity contribution in [2.24, 2.45) is 0 Å². The average molecular weight is 576 g/mol. The summed E-state index contributed by atoms with van der Waals surface area (Å²) in [7, 11) is 0. The highest BCUT2D eigenvalue weighted by Gasteiger charge is 2.37. The molecule has 1 aliphatic rings. The summed E-state index contributed by atoms with van der Waals surface area (Å²) in [5.74, 6) is -1.16. The van der Waals surface area contributed by atoms with Crippen molar-refractivity contribution >= 4 is 41.2 Å². The molecule has 5 amide bonds. The normalized spacial score (nSPS) is 14.0. The molecule has 1 fully saturated rings. The molecule has 2 N–H and O–H groups in total. The van der Waals surface area contributed by atoms with Crippen LogP contribution in [0.4, 0.5) is 16.2 Å². The first-order valence-electron chi connectivity index (χ1n) is 13.6. The number of aryl methyl sites for hydroxylation is 2. The van der Waals surface area contributed by atoms with E-state index in [0.717, 1.165) is 21.6 Å². The molecule has 43 heavy (non-hydrogen) atoms. The van der Waals surface area contributed by atoms with Gasteiger partial charge >= 0.3 is 6.03 Å². The van der Waals surface area contributed by atoms with Crippen LogP contribution >= 0.6 is 0 Å². The lowest BCUT2D eigenvalue weighted by atomic mass is 10.1. The molecular weight excluding hydrogens is 546 g/mol. The van der Waals surface area contributed by atoms with E-state index >= 15 is 0 Å². The molecule has 1 aliphatic heterocycles. The van der Waals surface area contributed by atoms with Crippen LogP contribution in [0.2, 0.25) is 0 Å². The number of carbonyl (C=O) groups excluding carboxylic acids is 4. The molecule has 0 unspecified atom stereocenters. The number of barbiturate groups is 1. The highest BCUT2D eigenvalue weighted by molar-refractivity contribution is 6.39. The number of carbonyl (C=O) groups is 4. The van der Waals surface area contributed by atoms with Gasteiger partial charge in [0.1, 0.15) is 23.7 Å². The Bertz CT molecular complexity index is 1710. The largest absolute Gasteiger partial charge is 0.489 e. The van der Waals surface area contributed by atoms with Crippen molar-refractivity contribution in [3.05, 3.63) is 125 Å². The Morgan fingerprint density at radius 3 is 2.35 bits per heavy atom. The molecule has 4 aromatic rings. The van der Waals surface area contributed by atoms with Crippen LogP contribution in [0.3, 0.4) is 0 Å². The third-order valence-corrected chi connectivity index (χ3v) is 6.69. The third kappa shape index (κ3) is 6.97. The van der Waals surface area contributed by atoms with E-state index in [1.54, 1.807) is 48.5 Å². The van der Waals surface area contributed by atoms with Crippen LogP contribution < -0.4 is 25.0 Å². The average Bonchev–Trinajstić information content (AvgIpc) is 3.00. The maximum absolute atomic E-state index is 13.4. The molecule has 0 radical (unpaired) electrons. The van der Waals surface area contributed by atoms with Gasteiger partial charge in [-0.25, -0.2) is 9.69 Å². The van der Waals surface area contributed by atoms with Gasteiger partial charge in [0, 0.05) is 11.3 Å². The van der Waals surface area contributed by atoms with Crippen LogP contribution in [0, 0.1) is 13.8 Å². The summed E-state index contributed by atoms with van der Waals surface area (Å²) in [6.45, 7) is 3.89. The Balaban J connectivity index is 1.30. The molecule has 0 aromatic heterocycles. The summed E-state index contributed by atoms with van der Waals surface area (Å²) in [4.78, 5) is 52.3. The van der Waals surface area contributed by atoms with E-state index in [1.165, 1.54) is 6.08 Å². The molecule has 1 heterocycles. The van der Waals surface area contributed by atoms with Gasteiger partial charge in [-0.15, -0.1) is 0 Å². The zero-order valence-electron chi connectivity index (χ0n) is 23.6. The summed E-state index contributed by atoms with van der Waals surface area (Å²) < 4.78 is 11.6. The minimum Gasteiger partial charge on any atom is -0.489 e. The van der Waals surface area contributed by atoms with Crippen molar-refractivity contribution in [2.45, 2.75) is 20.5 Å². The number of benzene rings is 4. The van der Waals surface area contributed by atoms with Crippen LogP contribution in [0.5, 0.6) is 11.5 Å². The van der Waals surface area contributed by atoms with Crippen molar-refractivity contribution in [3.63, 3.8) is 0 Å². The van der Waals surface area contributed by atoms with E-state index < -0.39 is 17.8 Å². The fraction of sp³-hybridized carbons (Fsp3) is 0.118. The SMILES string of the molecule is Cc1ccc(C)c(NC(=O)COc2ccccc2/C=C2/C(=O)NC(=O)N(c3ccc(OCc4ccccc4)cc3)C2=O)c1. The van der Waals surface area contributed by atoms with Crippen LogP contribution in [-0.4, -0.2) is 30.4 Å². The van der Waals surface area contributed by atoms with Crippen LogP contribution in [0.15, 0.2) is 103 Å². The van der Waals surface area contributed by atoms with E-state index in [2.05, 4.69) is 10.6 Å². The van der Waals surface area contributed by atoms with Gasteiger partial charge in [-0.1, -0.05) is 60.7 Å². The topological polar surface area (TPSA) is 114 Å². The zero-order valence-corrected chi connectivity index (χ0v) is 23.6. The summed E-state index contributed by atoms with van der Waals surface area (Å²) in [5, 5.41) is 5.05. The smallest absolute Gasteiger partial charge is 0.335 e. The molecule has 4 aromatic carbocycles. The third-order valence-electron chi connectivity index (χ3n) is 6.69. The van der Waals surface area contributed by atoms with Crippen molar-refractivity contribution in [1.29, 1.82) is 0 Å². The lowest BCUT2D eigenvalue weighted by Gasteiger charge is -2.26. The fourth-order valence-corrected chi connectivity index (χ4v) is 4.41. The van der Waals surface area contributed by atoms with E-state index in [0.29, 0.717) is 23.6 Å². The molecule has 9 nitrogen and oxygen atoms in total. The summed E-state index contributed by atoms with van der Waals surface area (Å²) in [6.07, 6.45) is 1.34. The number of imide groups is 2. The predicted molar refractivity (Wildman–Crippen MR) is 163 cm³/mol. The minimum absolute atomic E-state index is 0.264. The Labute approximate surface area is 248 Å². The Morgan fingerprint density at radius 1 is 0.860 bits per heavy atom. The molecule has 1 saturated heterocycles. The first-order valence-corrected chi connectivity index (χ1v) is 13.6. The van der Waals surface area contributed by atoms with Gasteiger partial charge in [0.2, 0.25) is 0 Å². The summed E-state index contributed by atoms with van der Waals surface area (Å²) in [6, 6.07) is 27.6. The van der Waals surface area contributed by atoms with E-state index in [9.17, 15) is 19.2 Å². The Kier molecular flexibility index (Phi) is 8.62. The summed E-state index contributed by atoms with van der Waals surface area (Å²) >= 11 is 0. The highest BCUT2D eigenvalue weighted by atomic mass is 16.5. The number of amides is 5. The number of hydrogen-bond acceptors (Lipinski definition) is 6. The van der Waals surface area contributed by atoms with Crippen molar-refractivity contribution in [1.82, 2.24) is 5.32 Å². The predicted octanol–water partition coefficient (Wildman–Crippen LogP) is 5.57. The van der Waals surface area contributed by atoms with Crippen LogP contribution in [-0.2, 0) is 21.0 Å². The molecule has 0 atom stereocenters. The number of urea groups is 1. The van der Waals surface area contributed by atoms with Gasteiger partial charge in [-0.3, -0.25) is 19.7 Å². The Morgan fingerprint density at radius 2 is 1.58 bits per heavy atom. The molecule has 0 saturated carbocycles. The van der Waals surface area contributed by atoms with Gasteiger partial charge < -0.3 is 14.8 Å². The van der Waals surface area contributed by atoms with Gasteiger partial charge in [0.05, 0.1) is 5.69 Å². The molecule has 9 heteroatoms. The molecule has 216 valence electrons. The maximum atomic E-state index is 13.4. The van der Waals surface area contributed by atoms with Crippen molar-refractivity contribution in [3.8, 4) is 11.5 Å². The standard InChI is InChI=1S/C34H29N3O6/c1-22-12-13-23(2)29(18-22)35-31(38)21-43-30-11-7-6-10-25(30)19-28-32(39)36-34(41)37(33(28)40)26-14-16-27(17-15-26)42-20-24-8-4-3-5-9-24/h3-19H,20-21H2,1-2H3,(H,35,38)(H,36,39,41)/b28-19-. The van der Waals surface area contributed by atoms with E-state index in [-0.39, 0.29) is 29.5 Å². The number of ether oxygens (including phenoxy) is 2. The van der Waals surface area contributed by atoms with Crippen LogP contribution in [0.1, 0.15) is 22.3 Å². The van der Waals surface area contributed by atoms with Gasteiger partial charge in [-0.05, 0) is 73.0 Å². The number of hydrogen-bond donors (Lipinski definition) is 2. The maximum Gasteiger partial charge on any atom is 0.335 e. The van der Waals surface area contributed by atoms with Gasteiger partial charge in [0.15, 0.2) is 6.61 Å². The molecule has 5 rings (SSSR count). The first kappa shape index (κ1) is 28.8. The number of anilines is 2. The molecule has 0 aliphatic carbocycles. The second-order valence-electron chi connectivity index (χ2n) is 9.92. The monoisotopic (exact) mass is 575 g/mol. The molecule has 0 bridgehead atoms. The summed E-state index contributed by atoms with van der Waals surface area (Å²) in [5.41, 5.74) is 4.00. The number of nitrogens with zero attached hydrogens (tertiary/aromatic N) is 1. The second kappa shape index (κ2) is 12.9. The number of para-hydroxylation sites is 1. The lowest BCUT2D eigenvalue weighted by molar-refractivity contribution is -0.122. The van der Waals surface area contributed by atoms with Crippen LogP contribution in [0.25, 0.3) is 6.08 Å². The first-order chi connectivity index (χ1) is 20.8. The fourth-order valence-electron chi connectivity index (χ4n) is 4.41. The zero-order chi connectivity index (χ0) is 30.3. The molecule has 0 spiro atoms. The van der Waals surface area contributed by atoms with Gasteiger partial charge in [0.25, 0.3) is 17.7 Å². The minimum atomic E-state index is -0.863. The number of nitrogens with one attached hydrogen (secondary N) is 2. The van der Waals surface area contributed by atoms with Crippen molar-refractivity contribution in [2.75, 3.05) is 16.8 Å². The Hall–Kier alpha value is -5.70. The van der Waals surface area contributed by atoms with E-state index in [4.69, 9.17) is 9.47 Å². The quantitative estimate of drug-likeness (QED) is 0.199. The number of rotatable bonds is 9.